The SMILES string of the molecule is O=C1C2CN(C3CC3)CC1CS(=O)C2. The van der Waals surface area contributed by atoms with Crippen LogP contribution in [0.25, 0.3) is 0 Å². The van der Waals surface area contributed by atoms with Gasteiger partial charge in [-0.3, -0.25) is 13.9 Å². The molecule has 0 aromatic rings. The highest BCUT2D eigenvalue weighted by Gasteiger charge is 2.44. The van der Waals surface area contributed by atoms with Crippen LogP contribution in [0.4, 0.5) is 0 Å². The Morgan fingerprint density at radius 3 is 2.21 bits per heavy atom. The van der Waals surface area contributed by atoms with Gasteiger partial charge in [-0.25, -0.2) is 0 Å². The number of Topliss-reactive ketones (excluding diaryl/α,β-unsaturated/α-hetero) is 1. The number of nitrogens with zero attached hydrogens (tertiary/aromatic N) is 1. The molecule has 3 rings (SSSR count). The molecule has 1 saturated carbocycles. The molecule has 0 aromatic carbocycles. The van der Waals surface area contributed by atoms with E-state index >= 15 is 0 Å². The van der Waals surface area contributed by atoms with Crippen molar-refractivity contribution in [2.24, 2.45) is 11.8 Å². The number of fused-ring (bicyclic) bond motifs is 2. The van der Waals surface area contributed by atoms with Crippen LogP contribution in [-0.2, 0) is 15.6 Å². The normalized spacial score (nSPS) is 44.0. The first kappa shape index (κ1) is 9.04. The maximum atomic E-state index is 11.8. The maximum Gasteiger partial charge on any atom is 0.143 e. The summed E-state index contributed by atoms with van der Waals surface area (Å²) in [6.07, 6.45) is 2.60. The monoisotopic (exact) mass is 213 g/mol. The predicted octanol–water partition coefficient (Wildman–Crippen LogP) is 0.0282. The Morgan fingerprint density at radius 2 is 1.71 bits per heavy atom. The molecule has 3 fully saturated rings. The van der Waals surface area contributed by atoms with E-state index in [1.807, 2.05) is 0 Å². The number of piperidine rings is 1. The molecule has 3 nitrogen and oxygen atoms in total. The first-order valence-corrected chi connectivity index (χ1v) is 6.85. The Labute approximate surface area is 86.3 Å². The highest BCUT2D eigenvalue weighted by molar-refractivity contribution is 7.85. The summed E-state index contributed by atoms with van der Waals surface area (Å²) in [5.74, 6) is 1.81. The standard InChI is InChI=1S/C10H15NO2S/c12-10-7-3-11(9-1-2-9)4-8(10)6-14(13)5-7/h7-9H,1-6H2. The van der Waals surface area contributed by atoms with Gasteiger partial charge in [0.2, 0.25) is 0 Å². The Balaban J connectivity index is 1.78. The minimum absolute atomic E-state index is 0.0870. The summed E-state index contributed by atoms with van der Waals surface area (Å²) < 4.78 is 11.5. The van der Waals surface area contributed by atoms with E-state index in [-0.39, 0.29) is 11.8 Å². The summed E-state index contributed by atoms with van der Waals surface area (Å²) in [6.45, 7) is 1.76. The Bertz CT molecular complexity index is 280. The zero-order valence-corrected chi connectivity index (χ0v) is 8.96. The van der Waals surface area contributed by atoms with E-state index in [9.17, 15) is 9.00 Å². The van der Waals surface area contributed by atoms with E-state index in [2.05, 4.69) is 4.90 Å². The summed E-state index contributed by atoms with van der Waals surface area (Å²) in [7, 11) is -0.725. The minimum Gasteiger partial charge on any atom is -0.299 e. The van der Waals surface area contributed by atoms with E-state index in [1.54, 1.807) is 0 Å². The van der Waals surface area contributed by atoms with Gasteiger partial charge in [-0.05, 0) is 12.8 Å². The summed E-state index contributed by atoms with van der Waals surface area (Å²) in [5, 5.41) is 0. The number of carbonyl (C=O) groups is 1. The molecule has 0 amide bonds. The van der Waals surface area contributed by atoms with Crippen molar-refractivity contribution in [1.82, 2.24) is 4.90 Å². The van der Waals surface area contributed by atoms with Crippen molar-refractivity contribution in [2.75, 3.05) is 24.6 Å². The molecule has 0 spiro atoms. The summed E-state index contributed by atoms with van der Waals surface area (Å²) in [6, 6.07) is 0.750. The number of rotatable bonds is 1. The maximum absolute atomic E-state index is 11.8. The zero-order chi connectivity index (χ0) is 9.71. The number of hydrogen-bond acceptors (Lipinski definition) is 3. The molecule has 2 bridgehead atoms. The fourth-order valence-electron chi connectivity index (χ4n) is 2.68. The van der Waals surface area contributed by atoms with E-state index < -0.39 is 10.8 Å². The molecule has 2 saturated heterocycles. The lowest BCUT2D eigenvalue weighted by Gasteiger charge is -2.39. The lowest BCUT2D eigenvalue weighted by Crippen LogP contribution is -2.54. The van der Waals surface area contributed by atoms with Gasteiger partial charge in [-0.15, -0.1) is 0 Å². The third kappa shape index (κ3) is 1.44. The fraction of sp³-hybridized carbons (Fsp3) is 0.900. The van der Waals surface area contributed by atoms with E-state index in [4.69, 9.17) is 0 Å². The molecule has 14 heavy (non-hydrogen) atoms. The summed E-state index contributed by atoms with van der Waals surface area (Å²) in [5.41, 5.74) is 0. The molecule has 0 radical (unpaired) electrons. The second-order valence-corrected chi connectivity index (χ2v) is 6.30. The lowest BCUT2D eigenvalue weighted by atomic mass is 9.89. The van der Waals surface area contributed by atoms with Crippen LogP contribution in [0.2, 0.25) is 0 Å². The number of likely N-dealkylation sites (tertiary alicyclic amines) is 1. The van der Waals surface area contributed by atoms with Gasteiger partial charge < -0.3 is 0 Å². The van der Waals surface area contributed by atoms with Gasteiger partial charge in [0.05, 0.1) is 0 Å². The molecule has 3 aliphatic rings. The third-order valence-electron chi connectivity index (χ3n) is 3.55. The van der Waals surface area contributed by atoms with E-state index in [0.29, 0.717) is 17.3 Å². The van der Waals surface area contributed by atoms with Gasteiger partial charge in [0, 0.05) is 53.3 Å². The van der Waals surface area contributed by atoms with Crippen LogP contribution < -0.4 is 0 Å². The Kier molecular flexibility index (Phi) is 2.02. The Hall–Kier alpha value is -0.220. The fourth-order valence-corrected chi connectivity index (χ4v) is 4.25. The van der Waals surface area contributed by atoms with Crippen LogP contribution in [0.15, 0.2) is 0 Å². The van der Waals surface area contributed by atoms with Crippen molar-refractivity contribution in [3.8, 4) is 0 Å². The quantitative estimate of drug-likeness (QED) is 0.616. The van der Waals surface area contributed by atoms with Crippen LogP contribution in [0, 0.1) is 11.8 Å². The van der Waals surface area contributed by atoms with Crippen LogP contribution in [0.3, 0.4) is 0 Å². The van der Waals surface area contributed by atoms with Crippen LogP contribution in [-0.4, -0.2) is 45.5 Å². The molecule has 2 aliphatic heterocycles. The Morgan fingerprint density at radius 1 is 1.14 bits per heavy atom. The highest BCUT2D eigenvalue weighted by atomic mass is 32.2. The molecule has 1 aliphatic carbocycles. The molecule has 0 aromatic heterocycles. The van der Waals surface area contributed by atoms with Gasteiger partial charge >= 0.3 is 0 Å². The van der Waals surface area contributed by atoms with Gasteiger partial charge in [0.15, 0.2) is 0 Å². The van der Waals surface area contributed by atoms with Crippen molar-refractivity contribution in [2.45, 2.75) is 18.9 Å². The second-order valence-electron chi connectivity index (χ2n) is 4.75. The number of carbonyl (C=O) groups excluding carboxylic acids is 1. The number of hydrogen-bond donors (Lipinski definition) is 0. The van der Waals surface area contributed by atoms with Crippen molar-refractivity contribution in [3.63, 3.8) is 0 Å². The van der Waals surface area contributed by atoms with Crippen LogP contribution in [0.1, 0.15) is 12.8 Å². The second kappa shape index (κ2) is 3.14. The van der Waals surface area contributed by atoms with E-state index in [1.165, 1.54) is 12.8 Å². The average molecular weight is 213 g/mol. The smallest absolute Gasteiger partial charge is 0.143 e. The van der Waals surface area contributed by atoms with Crippen molar-refractivity contribution in [3.05, 3.63) is 0 Å². The van der Waals surface area contributed by atoms with Gasteiger partial charge in [-0.1, -0.05) is 0 Å². The van der Waals surface area contributed by atoms with Gasteiger partial charge in [0.25, 0.3) is 0 Å². The van der Waals surface area contributed by atoms with E-state index in [0.717, 1.165) is 19.1 Å². The molecule has 2 unspecified atom stereocenters. The number of ketones is 1. The summed E-state index contributed by atoms with van der Waals surface area (Å²) >= 11 is 0. The zero-order valence-electron chi connectivity index (χ0n) is 8.15. The van der Waals surface area contributed by atoms with Crippen LogP contribution >= 0.6 is 0 Å². The molecule has 2 atom stereocenters. The van der Waals surface area contributed by atoms with Crippen molar-refractivity contribution < 1.29 is 9.00 Å². The van der Waals surface area contributed by atoms with Crippen molar-refractivity contribution >= 4 is 16.6 Å². The first-order chi connectivity index (χ1) is 6.74. The van der Waals surface area contributed by atoms with Crippen molar-refractivity contribution in [1.29, 1.82) is 0 Å². The lowest BCUT2D eigenvalue weighted by molar-refractivity contribution is -0.130. The van der Waals surface area contributed by atoms with Gasteiger partial charge in [0.1, 0.15) is 5.78 Å². The third-order valence-corrected chi connectivity index (χ3v) is 5.10. The minimum atomic E-state index is -0.725. The molecule has 0 N–H and O–H groups in total. The molecule has 2 heterocycles. The molecular weight excluding hydrogens is 198 g/mol. The predicted molar refractivity (Wildman–Crippen MR) is 54.5 cm³/mol. The topological polar surface area (TPSA) is 37.4 Å². The highest BCUT2D eigenvalue weighted by Crippen LogP contribution is 2.33. The van der Waals surface area contributed by atoms with Gasteiger partial charge in [-0.2, -0.15) is 0 Å². The van der Waals surface area contributed by atoms with Crippen LogP contribution in [0.5, 0.6) is 0 Å². The molecule has 4 heteroatoms. The first-order valence-electron chi connectivity index (χ1n) is 5.37. The summed E-state index contributed by atoms with van der Waals surface area (Å²) in [4.78, 5) is 14.2. The molecule has 78 valence electrons. The largest absolute Gasteiger partial charge is 0.299 e. The molecular formula is C10H15NO2S. The average Bonchev–Trinajstić information content (AvgIpc) is 2.90.